The highest BCUT2D eigenvalue weighted by Gasteiger charge is 2.10. The number of nitrogen functional groups attached to an aromatic ring is 1. The molecular formula is C7H4BrFN2O. The fourth-order valence-corrected chi connectivity index (χ4v) is 1.42. The predicted molar refractivity (Wildman–Crippen MR) is 46.1 cm³/mol. The summed E-state index contributed by atoms with van der Waals surface area (Å²) >= 11 is 3.14. The van der Waals surface area contributed by atoms with Crippen molar-refractivity contribution >= 4 is 32.7 Å². The number of benzene rings is 1. The van der Waals surface area contributed by atoms with Gasteiger partial charge < -0.3 is 10.3 Å². The Balaban J connectivity index is 2.92. The molecule has 0 atom stereocenters. The molecule has 0 amide bonds. The van der Waals surface area contributed by atoms with Gasteiger partial charge in [-0.25, -0.2) is 4.39 Å². The van der Waals surface area contributed by atoms with Crippen LogP contribution < -0.4 is 5.73 Å². The summed E-state index contributed by atoms with van der Waals surface area (Å²) in [4.78, 5) is 0. The summed E-state index contributed by atoms with van der Waals surface area (Å²) in [6.45, 7) is 0. The largest absolute Gasteiger partial charge is 0.380 e. The minimum atomic E-state index is -0.469. The number of rotatable bonds is 0. The number of hydrogen-bond donors (Lipinski definition) is 1. The Morgan fingerprint density at radius 3 is 3.00 bits per heavy atom. The maximum atomic E-state index is 13.0. The van der Waals surface area contributed by atoms with Gasteiger partial charge in [0, 0.05) is 4.47 Å². The van der Waals surface area contributed by atoms with E-state index in [1.807, 2.05) is 0 Å². The second-order valence-corrected chi connectivity index (χ2v) is 3.25. The minimum Gasteiger partial charge on any atom is -0.380 e. The van der Waals surface area contributed by atoms with Crippen LogP contribution in [0.3, 0.4) is 0 Å². The Hall–Kier alpha value is -1.10. The van der Waals surface area contributed by atoms with Gasteiger partial charge in [0.05, 0.1) is 5.39 Å². The third-order valence-corrected chi connectivity index (χ3v) is 1.98. The van der Waals surface area contributed by atoms with Crippen molar-refractivity contribution in [3.63, 3.8) is 0 Å². The molecule has 1 aromatic carbocycles. The molecule has 0 radical (unpaired) electrons. The van der Waals surface area contributed by atoms with Crippen LogP contribution in [0.15, 0.2) is 21.1 Å². The Kier molecular flexibility index (Phi) is 1.54. The molecule has 2 rings (SSSR count). The second-order valence-electron chi connectivity index (χ2n) is 2.33. The van der Waals surface area contributed by atoms with Gasteiger partial charge in [-0.15, -0.1) is 0 Å². The summed E-state index contributed by atoms with van der Waals surface area (Å²) in [7, 11) is 0. The molecule has 0 aliphatic carbocycles. The second kappa shape index (κ2) is 2.45. The van der Waals surface area contributed by atoms with Crippen LogP contribution in [0.25, 0.3) is 11.0 Å². The van der Waals surface area contributed by atoms with Crippen molar-refractivity contribution in [1.82, 2.24) is 5.16 Å². The average molecular weight is 231 g/mol. The molecule has 5 heteroatoms. The van der Waals surface area contributed by atoms with Crippen LogP contribution in [0.2, 0.25) is 0 Å². The molecule has 0 saturated heterocycles. The maximum absolute atomic E-state index is 13.0. The number of hydrogen-bond acceptors (Lipinski definition) is 3. The minimum absolute atomic E-state index is 0.0932. The van der Waals surface area contributed by atoms with Crippen molar-refractivity contribution in [3.8, 4) is 0 Å². The molecule has 2 aromatic rings. The van der Waals surface area contributed by atoms with Crippen LogP contribution in [0, 0.1) is 5.82 Å². The molecule has 0 aliphatic rings. The number of fused-ring (bicyclic) bond motifs is 1. The van der Waals surface area contributed by atoms with Crippen LogP contribution >= 0.6 is 15.9 Å². The first-order valence-electron chi connectivity index (χ1n) is 3.18. The van der Waals surface area contributed by atoms with Crippen LogP contribution in [-0.2, 0) is 0 Å². The Morgan fingerprint density at radius 1 is 1.50 bits per heavy atom. The Morgan fingerprint density at radius 2 is 2.25 bits per heavy atom. The molecule has 0 unspecified atom stereocenters. The normalized spacial score (nSPS) is 10.8. The molecule has 2 N–H and O–H groups in total. The van der Waals surface area contributed by atoms with Crippen molar-refractivity contribution in [2.45, 2.75) is 0 Å². The predicted octanol–water partition coefficient (Wildman–Crippen LogP) is 2.31. The third kappa shape index (κ3) is 0.972. The van der Waals surface area contributed by atoms with E-state index in [-0.39, 0.29) is 11.4 Å². The van der Waals surface area contributed by atoms with Crippen LogP contribution in [-0.4, -0.2) is 5.16 Å². The summed E-state index contributed by atoms with van der Waals surface area (Å²) in [6, 6.07) is 2.96. The molecule has 62 valence electrons. The highest BCUT2D eigenvalue weighted by molar-refractivity contribution is 9.10. The highest BCUT2D eigenvalue weighted by Crippen LogP contribution is 2.26. The van der Waals surface area contributed by atoms with Crippen molar-refractivity contribution in [2.24, 2.45) is 0 Å². The molecule has 1 aromatic heterocycles. The number of anilines is 1. The van der Waals surface area contributed by atoms with Gasteiger partial charge >= 0.3 is 0 Å². The van der Waals surface area contributed by atoms with Gasteiger partial charge in [-0.2, -0.15) is 0 Å². The van der Waals surface area contributed by atoms with Gasteiger partial charge in [0.15, 0.2) is 11.6 Å². The molecule has 0 aliphatic heterocycles. The van der Waals surface area contributed by atoms with Gasteiger partial charge in [0.25, 0.3) is 0 Å². The van der Waals surface area contributed by atoms with Gasteiger partial charge in [0.2, 0.25) is 5.58 Å². The first-order valence-corrected chi connectivity index (χ1v) is 3.97. The van der Waals surface area contributed by atoms with E-state index >= 15 is 0 Å². The zero-order chi connectivity index (χ0) is 8.72. The van der Waals surface area contributed by atoms with Crippen molar-refractivity contribution in [2.75, 3.05) is 5.73 Å². The third-order valence-electron chi connectivity index (χ3n) is 1.52. The smallest absolute Gasteiger partial charge is 0.204 e. The van der Waals surface area contributed by atoms with Crippen LogP contribution in [0.4, 0.5) is 10.2 Å². The zero-order valence-corrected chi connectivity index (χ0v) is 7.43. The standard InChI is InChI=1S/C7H4BrFN2O/c8-3-1-4-6(5(9)2-3)12-11-7(4)10/h1-2H,(H2,10,11). The van der Waals surface area contributed by atoms with E-state index in [2.05, 4.69) is 25.6 Å². The molecule has 1 heterocycles. The Bertz CT molecular complexity index is 440. The molecule has 0 bridgehead atoms. The van der Waals surface area contributed by atoms with E-state index in [4.69, 9.17) is 5.73 Å². The van der Waals surface area contributed by atoms with E-state index in [0.29, 0.717) is 9.86 Å². The summed E-state index contributed by atoms with van der Waals surface area (Å²) in [5.74, 6) is -0.270. The van der Waals surface area contributed by atoms with Gasteiger partial charge in [0.1, 0.15) is 0 Å². The van der Waals surface area contributed by atoms with E-state index in [1.165, 1.54) is 6.07 Å². The first kappa shape index (κ1) is 7.54. The van der Waals surface area contributed by atoms with E-state index in [0.717, 1.165) is 0 Å². The van der Waals surface area contributed by atoms with E-state index in [9.17, 15) is 4.39 Å². The van der Waals surface area contributed by atoms with Crippen molar-refractivity contribution in [1.29, 1.82) is 0 Å². The van der Waals surface area contributed by atoms with Crippen LogP contribution in [0.1, 0.15) is 0 Å². The lowest BCUT2D eigenvalue weighted by Crippen LogP contribution is -1.83. The monoisotopic (exact) mass is 230 g/mol. The van der Waals surface area contributed by atoms with E-state index < -0.39 is 5.82 Å². The number of nitrogens with two attached hydrogens (primary N) is 1. The summed E-state index contributed by atoms with van der Waals surface area (Å²) < 4.78 is 18.3. The van der Waals surface area contributed by atoms with Crippen molar-refractivity contribution in [3.05, 3.63) is 22.4 Å². The van der Waals surface area contributed by atoms with Gasteiger partial charge in [-0.1, -0.05) is 21.1 Å². The molecule has 0 saturated carbocycles. The number of aromatic nitrogens is 1. The lowest BCUT2D eigenvalue weighted by molar-refractivity contribution is 0.444. The topological polar surface area (TPSA) is 52.0 Å². The van der Waals surface area contributed by atoms with Gasteiger partial charge in [-0.05, 0) is 12.1 Å². The fraction of sp³-hybridized carbons (Fsp3) is 0. The summed E-state index contributed by atoms with van der Waals surface area (Å²) in [5, 5.41) is 3.93. The molecular weight excluding hydrogens is 227 g/mol. The lowest BCUT2D eigenvalue weighted by Gasteiger charge is -1.91. The SMILES string of the molecule is Nc1noc2c(F)cc(Br)cc12. The molecule has 0 fully saturated rings. The summed E-state index contributed by atoms with van der Waals surface area (Å²) in [5.41, 5.74) is 5.51. The molecule has 12 heavy (non-hydrogen) atoms. The number of nitrogens with zero attached hydrogens (tertiary/aromatic N) is 1. The molecule has 3 nitrogen and oxygen atoms in total. The maximum Gasteiger partial charge on any atom is 0.204 e. The lowest BCUT2D eigenvalue weighted by atomic mass is 10.2. The van der Waals surface area contributed by atoms with Gasteiger partial charge in [-0.3, -0.25) is 0 Å². The fourth-order valence-electron chi connectivity index (χ4n) is 0.987. The zero-order valence-electron chi connectivity index (χ0n) is 5.84. The quantitative estimate of drug-likeness (QED) is 0.756. The number of halogens is 2. The van der Waals surface area contributed by atoms with E-state index in [1.54, 1.807) is 6.07 Å². The highest BCUT2D eigenvalue weighted by atomic mass is 79.9. The average Bonchev–Trinajstić information content (AvgIpc) is 2.33. The molecule has 0 spiro atoms. The first-order chi connectivity index (χ1) is 5.68. The van der Waals surface area contributed by atoms with Crippen LogP contribution in [0.5, 0.6) is 0 Å². The summed E-state index contributed by atoms with van der Waals surface area (Å²) in [6.07, 6.45) is 0. The Labute approximate surface area is 75.5 Å². The van der Waals surface area contributed by atoms with Crippen molar-refractivity contribution < 1.29 is 8.91 Å².